The van der Waals surface area contributed by atoms with E-state index in [1.807, 2.05) is 25.1 Å². The summed E-state index contributed by atoms with van der Waals surface area (Å²) in [5.74, 6) is -2.75. The number of thioether (sulfide) groups is 1. The minimum absolute atomic E-state index is 0.183. The highest BCUT2D eigenvalue weighted by Crippen LogP contribution is 2.42. The van der Waals surface area contributed by atoms with Gasteiger partial charge in [-0.15, -0.1) is 11.8 Å². The van der Waals surface area contributed by atoms with E-state index in [1.165, 1.54) is 16.4 Å². The van der Waals surface area contributed by atoms with E-state index >= 15 is 0 Å². The summed E-state index contributed by atoms with van der Waals surface area (Å²) in [7, 11) is 1.74. The highest BCUT2D eigenvalue weighted by Gasteiger charge is 2.29. The van der Waals surface area contributed by atoms with Crippen LogP contribution in [0.1, 0.15) is 39.8 Å². The lowest BCUT2D eigenvalue weighted by atomic mass is 10.1. The molecule has 0 saturated carbocycles. The standard InChI is InChI=1S/C29H24Cl4N4O5S/c1-4-18(26(38)35-25-14(2)36(3)37(28(25)40)16-10-6-5-7-11-16)43-17-12-8-9-15(13-17)34-27(39)19-20(29(41)42)22(31)24(33)23(32)21(19)30/h5-13,18H,4H2,1-3H3,(H,34,39)(H,35,38)(H,41,42). The van der Waals surface area contributed by atoms with Crippen LogP contribution < -0.4 is 16.2 Å². The van der Waals surface area contributed by atoms with Crippen molar-refractivity contribution in [2.45, 2.75) is 30.4 Å². The molecular formula is C29H24Cl4N4O5S. The fourth-order valence-electron chi connectivity index (χ4n) is 4.29. The van der Waals surface area contributed by atoms with Crippen LogP contribution in [0.5, 0.6) is 0 Å². The molecule has 3 N–H and O–H groups in total. The first-order chi connectivity index (χ1) is 20.4. The maximum absolute atomic E-state index is 13.3. The van der Waals surface area contributed by atoms with Crippen LogP contribution in [0.4, 0.5) is 11.4 Å². The molecule has 224 valence electrons. The van der Waals surface area contributed by atoms with E-state index < -0.39 is 33.3 Å². The second-order valence-electron chi connectivity index (χ2n) is 9.23. The van der Waals surface area contributed by atoms with Crippen LogP contribution >= 0.6 is 58.2 Å². The molecular weight excluding hydrogens is 658 g/mol. The van der Waals surface area contributed by atoms with Gasteiger partial charge in [0.2, 0.25) is 5.91 Å². The SMILES string of the molecule is CCC(Sc1cccc(NC(=O)c2c(Cl)c(Cl)c(Cl)c(Cl)c2C(=O)O)c1)C(=O)Nc1c(C)n(C)n(-c2ccccc2)c1=O. The van der Waals surface area contributed by atoms with Crippen LogP contribution in [0, 0.1) is 6.92 Å². The minimum atomic E-state index is -1.51. The Morgan fingerprint density at radius 3 is 2.14 bits per heavy atom. The van der Waals surface area contributed by atoms with Gasteiger partial charge in [0.25, 0.3) is 11.5 Å². The number of amides is 2. The van der Waals surface area contributed by atoms with Gasteiger partial charge in [-0.25, -0.2) is 9.48 Å². The highest BCUT2D eigenvalue weighted by molar-refractivity contribution is 8.00. The first-order valence-electron chi connectivity index (χ1n) is 12.7. The summed E-state index contributed by atoms with van der Waals surface area (Å²) in [5, 5.41) is 13.1. The zero-order chi connectivity index (χ0) is 31.6. The topological polar surface area (TPSA) is 122 Å². The van der Waals surface area contributed by atoms with Crippen molar-refractivity contribution in [1.82, 2.24) is 9.36 Å². The first-order valence-corrected chi connectivity index (χ1v) is 15.1. The molecule has 14 heteroatoms. The summed E-state index contributed by atoms with van der Waals surface area (Å²) < 4.78 is 3.16. The number of nitrogens with zero attached hydrogens (tertiary/aromatic N) is 2. The number of halogens is 4. The fourth-order valence-corrected chi connectivity index (χ4v) is 6.32. The molecule has 0 fully saturated rings. The van der Waals surface area contributed by atoms with Crippen LogP contribution in [0.3, 0.4) is 0 Å². The lowest BCUT2D eigenvalue weighted by Crippen LogP contribution is -2.28. The number of para-hydroxylation sites is 1. The van der Waals surface area contributed by atoms with Gasteiger partial charge in [0.1, 0.15) is 5.69 Å². The van der Waals surface area contributed by atoms with E-state index in [-0.39, 0.29) is 32.2 Å². The highest BCUT2D eigenvalue weighted by atomic mass is 35.5. The van der Waals surface area contributed by atoms with E-state index in [9.17, 15) is 24.3 Å². The fraction of sp³-hybridized carbons (Fsp3) is 0.172. The molecule has 4 rings (SSSR count). The van der Waals surface area contributed by atoms with Gasteiger partial charge >= 0.3 is 5.97 Å². The van der Waals surface area contributed by atoms with Crippen molar-refractivity contribution in [2.24, 2.45) is 7.05 Å². The van der Waals surface area contributed by atoms with E-state index in [0.717, 1.165) is 0 Å². The summed E-state index contributed by atoms with van der Waals surface area (Å²) >= 11 is 25.6. The number of carboxylic acid groups (broad SMARTS) is 1. The van der Waals surface area contributed by atoms with E-state index in [2.05, 4.69) is 10.6 Å². The number of hydrogen-bond acceptors (Lipinski definition) is 5. The van der Waals surface area contributed by atoms with Gasteiger partial charge in [0.15, 0.2) is 0 Å². The summed E-state index contributed by atoms with van der Waals surface area (Å²) in [6.07, 6.45) is 0.436. The van der Waals surface area contributed by atoms with Crippen molar-refractivity contribution in [2.75, 3.05) is 10.6 Å². The molecule has 1 aromatic heterocycles. The van der Waals surface area contributed by atoms with Crippen molar-refractivity contribution >= 4 is 87.3 Å². The molecule has 1 heterocycles. The third kappa shape index (κ3) is 6.58. The van der Waals surface area contributed by atoms with Gasteiger partial charge in [-0.3, -0.25) is 19.1 Å². The number of carbonyl (C=O) groups excluding carboxylic acids is 2. The van der Waals surface area contributed by atoms with E-state index in [1.54, 1.807) is 55.1 Å². The van der Waals surface area contributed by atoms with Gasteiger partial charge < -0.3 is 15.7 Å². The maximum atomic E-state index is 13.3. The summed E-state index contributed by atoms with van der Waals surface area (Å²) in [6.45, 7) is 3.59. The average Bonchev–Trinajstić information content (AvgIpc) is 3.19. The molecule has 0 aliphatic heterocycles. The quantitative estimate of drug-likeness (QED) is 0.0952. The third-order valence-electron chi connectivity index (χ3n) is 6.54. The van der Waals surface area contributed by atoms with Crippen LogP contribution in [-0.4, -0.2) is 37.5 Å². The monoisotopic (exact) mass is 680 g/mol. The molecule has 0 saturated heterocycles. The molecule has 1 atom stereocenters. The molecule has 0 radical (unpaired) electrons. The van der Waals surface area contributed by atoms with Gasteiger partial charge in [-0.05, 0) is 43.7 Å². The molecule has 0 aliphatic carbocycles. The largest absolute Gasteiger partial charge is 0.478 e. The van der Waals surface area contributed by atoms with Crippen molar-refractivity contribution in [3.8, 4) is 5.69 Å². The number of anilines is 2. The van der Waals surface area contributed by atoms with Gasteiger partial charge in [-0.1, -0.05) is 77.6 Å². The summed E-state index contributed by atoms with van der Waals surface area (Å²) in [5.41, 5.74) is 0.344. The van der Waals surface area contributed by atoms with Crippen molar-refractivity contribution < 1.29 is 19.5 Å². The molecule has 0 bridgehead atoms. The molecule has 9 nitrogen and oxygen atoms in total. The Morgan fingerprint density at radius 1 is 0.907 bits per heavy atom. The predicted octanol–water partition coefficient (Wildman–Crippen LogP) is 7.56. The zero-order valence-corrected chi connectivity index (χ0v) is 26.7. The summed E-state index contributed by atoms with van der Waals surface area (Å²) in [6, 6.07) is 15.7. The van der Waals surface area contributed by atoms with Crippen molar-refractivity contribution in [1.29, 1.82) is 0 Å². The van der Waals surface area contributed by atoms with Gasteiger partial charge in [-0.2, -0.15) is 0 Å². The molecule has 43 heavy (non-hydrogen) atoms. The Kier molecular flexibility index (Phi) is 10.2. The first kappa shape index (κ1) is 32.5. The third-order valence-corrected chi connectivity index (χ3v) is 9.70. The molecule has 3 aromatic carbocycles. The number of nitrogens with one attached hydrogen (secondary N) is 2. The number of benzene rings is 3. The number of aromatic nitrogens is 2. The number of carboxylic acids is 1. The van der Waals surface area contributed by atoms with Crippen LogP contribution in [0.2, 0.25) is 20.1 Å². The second-order valence-corrected chi connectivity index (χ2v) is 12.0. The predicted molar refractivity (Wildman–Crippen MR) is 172 cm³/mol. The number of rotatable bonds is 9. The van der Waals surface area contributed by atoms with Gasteiger partial charge in [0, 0.05) is 17.6 Å². The zero-order valence-electron chi connectivity index (χ0n) is 22.9. The smallest absolute Gasteiger partial charge is 0.338 e. The van der Waals surface area contributed by atoms with Crippen molar-refractivity contribution in [3.63, 3.8) is 0 Å². The molecule has 0 aliphatic rings. The van der Waals surface area contributed by atoms with Crippen LogP contribution in [0.25, 0.3) is 5.69 Å². The maximum Gasteiger partial charge on any atom is 0.338 e. The Hall–Kier alpha value is -3.41. The molecule has 2 amide bonds. The number of aromatic carboxylic acids is 1. The molecule has 4 aromatic rings. The lowest BCUT2D eigenvalue weighted by Gasteiger charge is -2.16. The Bertz CT molecular complexity index is 1810. The van der Waals surface area contributed by atoms with E-state index in [4.69, 9.17) is 46.4 Å². The Balaban J connectivity index is 1.55. The van der Waals surface area contributed by atoms with E-state index in [0.29, 0.717) is 28.4 Å². The number of carbonyl (C=O) groups is 3. The molecule has 1 unspecified atom stereocenters. The normalized spacial score (nSPS) is 11.7. The van der Waals surface area contributed by atoms with Gasteiger partial charge in [0.05, 0.1) is 47.8 Å². The Morgan fingerprint density at radius 2 is 1.53 bits per heavy atom. The van der Waals surface area contributed by atoms with Crippen molar-refractivity contribution in [3.05, 3.63) is 102 Å². The minimum Gasteiger partial charge on any atom is -0.478 e. The second kappa shape index (κ2) is 13.5. The Labute approximate surface area is 270 Å². The molecule has 0 spiro atoms. The summed E-state index contributed by atoms with van der Waals surface area (Å²) in [4.78, 5) is 52.2. The lowest BCUT2D eigenvalue weighted by molar-refractivity contribution is -0.115. The van der Waals surface area contributed by atoms with Crippen LogP contribution in [0.15, 0.2) is 64.3 Å². The van der Waals surface area contributed by atoms with Crippen LogP contribution in [-0.2, 0) is 11.8 Å². The average molecular weight is 682 g/mol. The number of hydrogen-bond donors (Lipinski definition) is 3.